The lowest BCUT2D eigenvalue weighted by Gasteiger charge is -2.11. The van der Waals surface area contributed by atoms with Crippen molar-refractivity contribution in [3.8, 4) is 5.75 Å². The molecule has 1 atom stereocenters. The zero-order valence-electron chi connectivity index (χ0n) is 12.9. The van der Waals surface area contributed by atoms with Gasteiger partial charge in [0.25, 0.3) is 5.91 Å². The maximum absolute atomic E-state index is 14.0. The number of hydrogen-bond donors (Lipinski definition) is 2. The first-order valence-electron chi connectivity index (χ1n) is 7.14. The van der Waals surface area contributed by atoms with Crippen molar-refractivity contribution in [1.29, 1.82) is 0 Å². The van der Waals surface area contributed by atoms with Crippen LogP contribution in [0.15, 0.2) is 42.5 Å². The summed E-state index contributed by atoms with van der Waals surface area (Å²) in [4.78, 5) is 22.8. The van der Waals surface area contributed by atoms with Crippen molar-refractivity contribution in [2.24, 2.45) is 5.73 Å². The van der Waals surface area contributed by atoms with Gasteiger partial charge in [-0.15, -0.1) is 0 Å². The molecule has 126 valence electrons. The maximum atomic E-state index is 14.0. The third kappa shape index (κ3) is 4.52. The molecule has 24 heavy (non-hydrogen) atoms. The van der Waals surface area contributed by atoms with Crippen LogP contribution in [0.3, 0.4) is 0 Å². The van der Waals surface area contributed by atoms with E-state index in [-0.39, 0.29) is 17.9 Å². The van der Waals surface area contributed by atoms with Gasteiger partial charge in [0.05, 0.1) is 0 Å². The first kappa shape index (κ1) is 17.4. The molecule has 0 fully saturated rings. The minimum Gasteiger partial charge on any atom is -0.486 e. The molecule has 0 bridgehead atoms. The highest BCUT2D eigenvalue weighted by Crippen LogP contribution is 2.20. The summed E-state index contributed by atoms with van der Waals surface area (Å²) in [5, 5.41) is 2.34. The van der Waals surface area contributed by atoms with E-state index in [0.717, 1.165) is 6.07 Å². The van der Waals surface area contributed by atoms with Crippen LogP contribution in [0.4, 0.5) is 8.78 Å². The Bertz CT molecular complexity index is 765. The normalized spacial score (nSPS) is 11.6. The van der Waals surface area contributed by atoms with E-state index in [1.54, 1.807) is 6.07 Å². The maximum Gasteiger partial charge on any atom is 0.252 e. The van der Waals surface area contributed by atoms with E-state index in [2.05, 4.69) is 5.32 Å². The van der Waals surface area contributed by atoms with Crippen LogP contribution >= 0.6 is 0 Å². The van der Waals surface area contributed by atoms with Crippen molar-refractivity contribution in [3.05, 3.63) is 65.2 Å². The summed E-state index contributed by atoms with van der Waals surface area (Å²) < 4.78 is 32.4. The minimum absolute atomic E-state index is 0.0149. The van der Waals surface area contributed by atoms with Gasteiger partial charge in [-0.3, -0.25) is 9.59 Å². The smallest absolute Gasteiger partial charge is 0.252 e. The molecule has 0 saturated heterocycles. The van der Waals surface area contributed by atoms with Gasteiger partial charge >= 0.3 is 0 Å². The Balaban J connectivity index is 2.04. The van der Waals surface area contributed by atoms with Gasteiger partial charge in [0.1, 0.15) is 18.5 Å². The van der Waals surface area contributed by atoms with E-state index < -0.39 is 29.5 Å². The summed E-state index contributed by atoms with van der Waals surface area (Å²) >= 11 is 0. The minimum atomic E-state index is -0.871. The number of halogens is 2. The summed E-state index contributed by atoms with van der Waals surface area (Å²) in [7, 11) is 0. The molecule has 5 nitrogen and oxygen atoms in total. The van der Waals surface area contributed by atoms with Gasteiger partial charge in [0.2, 0.25) is 5.91 Å². The van der Waals surface area contributed by atoms with Crippen LogP contribution in [-0.4, -0.2) is 17.9 Å². The predicted octanol–water partition coefficient (Wildman–Crippen LogP) is 2.15. The van der Waals surface area contributed by atoms with Gasteiger partial charge in [-0.1, -0.05) is 12.1 Å². The van der Waals surface area contributed by atoms with Crippen molar-refractivity contribution >= 4 is 11.8 Å². The Hall–Kier alpha value is -2.96. The predicted molar refractivity (Wildman–Crippen MR) is 83.3 cm³/mol. The highest BCUT2D eigenvalue weighted by molar-refractivity contribution is 5.97. The molecule has 2 aromatic rings. The number of carbonyl (C=O) groups is 2. The highest BCUT2D eigenvalue weighted by atomic mass is 19.1. The molecule has 0 unspecified atom stereocenters. The Morgan fingerprint density at radius 2 is 1.96 bits per heavy atom. The molecule has 0 heterocycles. The number of carbonyl (C=O) groups excluding carboxylic acids is 2. The number of benzene rings is 2. The number of amides is 2. The van der Waals surface area contributed by atoms with Crippen molar-refractivity contribution in [2.45, 2.75) is 19.6 Å². The highest BCUT2D eigenvalue weighted by Gasteiger charge is 2.15. The standard InChI is InChI=1S/C17H16F2N2O3/c1-10(16(20)22)21-17(23)12-5-6-15(14(19)8-12)24-9-11-3-2-4-13(18)7-11/h2-8,10H,9H2,1H3,(H2,20,22)(H,21,23)/t10-/m0/s1. The van der Waals surface area contributed by atoms with E-state index in [0.29, 0.717) is 5.56 Å². The molecule has 2 amide bonds. The lowest BCUT2D eigenvalue weighted by atomic mass is 10.1. The van der Waals surface area contributed by atoms with E-state index in [1.807, 2.05) is 0 Å². The molecule has 0 spiro atoms. The Labute approximate surface area is 137 Å². The fourth-order valence-electron chi connectivity index (χ4n) is 1.90. The average Bonchev–Trinajstić information content (AvgIpc) is 2.53. The number of nitrogens with one attached hydrogen (secondary N) is 1. The quantitative estimate of drug-likeness (QED) is 0.849. The zero-order chi connectivity index (χ0) is 17.7. The molecular formula is C17H16F2N2O3. The zero-order valence-corrected chi connectivity index (χ0v) is 12.9. The summed E-state index contributed by atoms with van der Waals surface area (Å²) in [5.74, 6) is -2.55. The molecule has 3 N–H and O–H groups in total. The van der Waals surface area contributed by atoms with Gasteiger partial charge in [-0.05, 0) is 42.8 Å². The van der Waals surface area contributed by atoms with Crippen LogP contribution in [0.5, 0.6) is 5.75 Å². The van der Waals surface area contributed by atoms with Crippen molar-refractivity contribution in [2.75, 3.05) is 0 Å². The van der Waals surface area contributed by atoms with Crippen molar-refractivity contribution < 1.29 is 23.1 Å². The average molecular weight is 334 g/mol. The molecule has 0 aromatic heterocycles. The lowest BCUT2D eigenvalue weighted by Crippen LogP contribution is -2.42. The first-order valence-corrected chi connectivity index (χ1v) is 7.14. The van der Waals surface area contributed by atoms with Crippen LogP contribution < -0.4 is 15.8 Å². The molecule has 2 rings (SSSR count). The Morgan fingerprint density at radius 1 is 1.21 bits per heavy atom. The van der Waals surface area contributed by atoms with Crippen LogP contribution in [0, 0.1) is 11.6 Å². The van der Waals surface area contributed by atoms with E-state index >= 15 is 0 Å². The topological polar surface area (TPSA) is 81.4 Å². The summed E-state index contributed by atoms with van der Waals surface area (Å²) in [6.45, 7) is 1.41. The monoisotopic (exact) mass is 334 g/mol. The first-order chi connectivity index (χ1) is 11.4. The molecule has 2 aromatic carbocycles. The number of ether oxygens (including phenoxy) is 1. The van der Waals surface area contributed by atoms with Crippen LogP contribution in [0.1, 0.15) is 22.8 Å². The third-order valence-corrected chi connectivity index (χ3v) is 3.25. The Kier molecular flexibility index (Phi) is 5.47. The second-order valence-corrected chi connectivity index (χ2v) is 5.16. The van der Waals surface area contributed by atoms with Gasteiger partial charge < -0.3 is 15.8 Å². The molecule has 7 heteroatoms. The molecule has 0 aliphatic carbocycles. The van der Waals surface area contributed by atoms with Gasteiger partial charge in [0.15, 0.2) is 11.6 Å². The number of nitrogens with two attached hydrogens (primary N) is 1. The number of primary amides is 1. The molecule has 0 aliphatic heterocycles. The fraction of sp³-hybridized carbons (Fsp3) is 0.176. The summed E-state index contributed by atoms with van der Waals surface area (Å²) in [6.07, 6.45) is 0. The molecular weight excluding hydrogens is 318 g/mol. The largest absolute Gasteiger partial charge is 0.486 e. The van der Waals surface area contributed by atoms with Gasteiger partial charge in [-0.25, -0.2) is 8.78 Å². The van der Waals surface area contributed by atoms with Crippen LogP contribution in [-0.2, 0) is 11.4 Å². The van der Waals surface area contributed by atoms with E-state index in [9.17, 15) is 18.4 Å². The molecule has 0 radical (unpaired) electrons. The second-order valence-electron chi connectivity index (χ2n) is 5.16. The van der Waals surface area contributed by atoms with E-state index in [4.69, 9.17) is 10.5 Å². The Morgan fingerprint density at radius 3 is 2.58 bits per heavy atom. The van der Waals surface area contributed by atoms with Crippen LogP contribution in [0.25, 0.3) is 0 Å². The fourth-order valence-corrected chi connectivity index (χ4v) is 1.90. The SMILES string of the molecule is C[C@H](NC(=O)c1ccc(OCc2cccc(F)c2)c(F)c1)C(N)=O. The molecule has 0 saturated carbocycles. The van der Waals surface area contributed by atoms with Gasteiger partial charge in [0, 0.05) is 5.56 Å². The lowest BCUT2D eigenvalue weighted by molar-refractivity contribution is -0.119. The number of rotatable bonds is 6. The van der Waals surface area contributed by atoms with E-state index in [1.165, 1.54) is 37.3 Å². The third-order valence-electron chi connectivity index (χ3n) is 3.25. The van der Waals surface area contributed by atoms with Gasteiger partial charge in [-0.2, -0.15) is 0 Å². The van der Waals surface area contributed by atoms with Crippen LogP contribution in [0.2, 0.25) is 0 Å². The summed E-state index contributed by atoms with van der Waals surface area (Å²) in [5.41, 5.74) is 5.62. The second kappa shape index (κ2) is 7.54. The van der Waals surface area contributed by atoms with Crippen molar-refractivity contribution in [1.82, 2.24) is 5.32 Å². The van der Waals surface area contributed by atoms with Crippen molar-refractivity contribution in [3.63, 3.8) is 0 Å². The number of hydrogen-bond acceptors (Lipinski definition) is 3. The molecule has 0 aliphatic rings. The summed E-state index contributed by atoms with van der Waals surface area (Å²) in [6, 6.07) is 8.51.